The number of hydrogen-bond donors (Lipinski definition) is 3. The molecule has 26 heavy (non-hydrogen) atoms. The van der Waals surface area contributed by atoms with Crippen LogP contribution < -0.4 is 15.4 Å². The van der Waals surface area contributed by atoms with E-state index in [2.05, 4.69) is 22.2 Å². The molecule has 0 bridgehead atoms. The largest absolute Gasteiger partial charge is 0.508 e. The third kappa shape index (κ3) is 6.51. The SMILES string of the molecule is C=CCOc1ccccc1CNC(=NC)NCCCc1ccc(O)cc1. The molecule has 0 aliphatic heterocycles. The van der Waals surface area contributed by atoms with Crippen LogP contribution in [0.15, 0.2) is 66.2 Å². The van der Waals surface area contributed by atoms with E-state index in [0.29, 0.717) is 18.9 Å². The molecule has 2 rings (SSSR count). The Morgan fingerprint density at radius 3 is 2.65 bits per heavy atom. The van der Waals surface area contributed by atoms with Crippen LogP contribution in [0, 0.1) is 0 Å². The van der Waals surface area contributed by atoms with Crippen molar-refractivity contribution >= 4 is 5.96 Å². The van der Waals surface area contributed by atoms with Crippen molar-refractivity contribution in [2.24, 2.45) is 4.99 Å². The minimum Gasteiger partial charge on any atom is -0.508 e. The molecule has 0 fully saturated rings. The van der Waals surface area contributed by atoms with Gasteiger partial charge in [-0.2, -0.15) is 0 Å². The van der Waals surface area contributed by atoms with Crippen LogP contribution in [-0.2, 0) is 13.0 Å². The third-order valence-electron chi connectivity index (χ3n) is 3.87. The van der Waals surface area contributed by atoms with Gasteiger partial charge in [-0.1, -0.05) is 43.0 Å². The number of para-hydroxylation sites is 1. The first-order chi connectivity index (χ1) is 12.7. The summed E-state index contributed by atoms with van der Waals surface area (Å²) in [5.74, 6) is 1.91. The average molecular weight is 353 g/mol. The Morgan fingerprint density at radius 2 is 1.92 bits per heavy atom. The second kappa shape index (κ2) is 10.8. The van der Waals surface area contributed by atoms with Crippen molar-refractivity contribution in [3.8, 4) is 11.5 Å². The van der Waals surface area contributed by atoms with E-state index in [4.69, 9.17) is 4.74 Å². The molecule has 0 saturated heterocycles. The molecule has 0 unspecified atom stereocenters. The van der Waals surface area contributed by atoms with Crippen LogP contribution in [0.3, 0.4) is 0 Å². The minimum absolute atomic E-state index is 0.300. The molecule has 0 atom stereocenters. The van der Waals surface area contributed by atoms with Gasteiger partial charge in [-0.25, -0.2) is 0 Å². The Labute approximate surface area is 155 Å². The lowest BCUT2D eigenvalue weighted by Gasteiger charge is -2.14. The summed E-state index contributed by atoms with van der Waals surface area (Å²) in [6.07, 6.45) is 3.66. The average Bonchev–Trinajstić information content (AvgIpc) is 2.68. The number of nitrogens with one attached hydrogen (secondary N) is 2. The monoisotopic (exact) mass is 353 g/mol. The molecule has 2 aromatic rings. The Balaban J connectivity index is 1.75. The van der Waals surface area contributed by atoms with Gasteiger partial charge in [0.05, 0.1) is 0 Å². The van der Waals surface area contributed by atoms with Crippen molar-refractivity contribution in [3.63, 3.8) is 0 Å². The van der Waals surface area contributed by atoms with Gasteiger partial charge in [-0.05, 0) is 36.6 Å². The number of aliphatic imine (C=N–C) groups is 1. The number of nitrogens with zero attached hydrogens (tertiary/aromatic N) is 1. The molecule has 0 saturated carbocycles. The standard InChI is InChI=1S/C21H27N3O2/c1-3-15-26-20-9-5-4-8-18(20)16-24-21(22-2)23-14-6-7-17-10-12-19(25)13-11-17/h3-5,8-13,25H,1,6-7,14-16H2,2H3,(H2,22,23,24). The lowest BCUT2D eigenvalue weighted by Crippen LogP contribution is -2.37. The van der Waals surface area contributed by atoms with E-state index in [1.165, 1.54) is 5.56 Å². The highest BCUT2D eigenvalue weighted by Gasteiger charge is 2.04. The predicted octanol–water partition coefficient (Wildman–Crippen LogP) is 3.25. The number of aryl methyl sites for hydroxylation is 1. The van der Waals surface area contributed by atoms with E-state index in [-0.39, 0.29) is 0 Å². The Morgan fingerprint density at radius 1 is 1.15 bits per heavy atom. The summed E-state index contributed by atoms with van der Waals surface area (Å²) in [5, 5.41) is 15.9. The van der Waals surface area contributed by atoms with Crippen molar-refractivity contribution in [2.75, 3.05) is 20.2 Å². The molecule has 0 aliphatic rings. The molecule has 0 radical (unpaired) electrons. The van der Waals surface area contributed by atoms with E-state index in [1.54, 1.807) is 25.3 Å². The summed E-state index contributed by atoms with van der Waals surface area (Å²) >= 11 is 0. The van der Waals surface area contributed by atoms with Crippen LogP contribution in [0.2, 0.25) is 0 Å². The number of rotatable bonds is 9. The number of benzene rings is 2. The molecule has 0 spiro atoms. The zero-order chi connectivity index (χ0) is 18.6. The van der Waals surface area contributed by atoms with Crippen LogP contribution in [0.5, 0.6) is 11.5 Å². The quantitative estimate of drug-likeness (QED) is 0.280. The van der Waals surface area contributed by atoms with Crippen LogP contribution in [-0.4, -0.2) is 31.3 Å². The maximum Gasteiger partial charge on any atom is 0.191 e. The molecule has 2 aromatic carbocycles. The van der Waals surface area contributed by atoms with Gasteiger partial charge in [0.25, 0.3) is 0 Å². The molecule has 138 valence electrons. The number of aromatic hydroxyl groups is 1. The fraction of sp³-hybridized carbons (Fsp3) is 0.286. The van der Waals surface area contributed by atoms with Crippen molar-refractivity contribution in [2.45, 2.75) is 19.4 Å². The smallest absolute Gasteiger partial charge is 0.191 e. The topological polar surface area (TPSA) is 65.9 Å². The molecule has 3 N–H and O–H groups in total. The highest BCUT2D eigenvalue weighted by atomic mass is 16.5. The minimum atomic E-state index is 0.300. The summed E-state index contributed by atoms with van der Waals surface area (Å²) in [5.41, 5.74) is 2.28. The summed E-state index contributed by atoms with van der Waals surface area (Å²) < 4.78 is 5.67. The van der Waals surface area contributed by atoms with E-state index in [0.717, 1.165) is 36.7 Å². The first kappa shape index (κ1) is 19.4. The fourth-order valence-corrected chi connectivity index (χ4v) is 2.50. The van der Waals surface area contributed by atoms with Gasteiger partial charge in [0.1, 0.15) is 18.1 Å². The maximum absolute atomic E-state index is 9.30. The molecule has 0 aliphatic carbocycles. The second-order valence-electron chi connectivity index (χ2n) is 5.83. The molecular weight excluding hydrogens is 326 g/mol. The van der Waals surface area contributed by atoms with Gasteiger partial charge >= 0.3 is 0 Å². The number of ether oxygens (including phenoxy) is 1. The predicted molar refractivity (Wildman–Crippen MR) is 107 cm³/mol. The fourth-order valence-electron chi connectivity index (χ4n) is 2.50. The zero-order valence-electron chi connectivity index (χ0n) is 15.2. The Kier molecular flexibility index (Phi) is 8.06. The molecular formula is C21H27N3O2. The maximum atomic E-state index is 9.30. The summed E-state index contributed by atoms with van der Waals surface area (Å²) in [6.45, 7) is 5.61. The van der Waals surface area contributed by atoms with Crippen LogP contribution in [0.1, 0.15) is 17.5 Å². The van der Waals surface area contributed by atoms with Gasteiger partial charge < -0.3 is 20.5 Å². The van der Waals surface area contributed by atoms with Gasteiger partial charge in [0, 0.05) is 25.7 Å². The number of guanidine groups is 1. The van der Waals surface area contributed by atoms with E-state index in [9.17, 15) is 5.11 Å². The lowest BCUT2D eigenvalue weighted by atomic mass is 10.1. The third-order valence-corrected chi connectivity index (χ3v) is 3.87. The lowest BCUT2D eigenvalue weighted by molar-refractivity contribution is 0.358. The van der Waals surface area contributed by atoms with Crippen molar-refractivity contribution in [1.82, 2.24) is 10.6 Å². The van der Waals surface area contributed by atoms with Crippen LogP contribution in [0.4, 0.5) is 0 Å². The molecule has 5 nitrogen and oxygen atoms in total. The number of phenolic OH excluding ortho intramolecular Hbond substituents is 1. The summed E-state index contributed by atoms with van der Waals surface area (Å²) in [7, 11) is 1.76. The van der Waals surface area contributed by atoms with Gasteiger partial charge in [-0.3, -0.25) is 4.99 Å². The van der Waals surface area contributed by atoms with E-state index in [1.807, 2.05) is 36.4 Å². The van der Waals surface area contributed by atoms with Gasteiger partial charge in [0.2, 0.25) is 0 Å². The van der Waals surface area contributed by atoms with Crippen LogP contribution >= 0.6 is 0 Å². The Hall–Kier alpha value is -2.95. The number of hydrogen-bond acceptors (Lipinski definition) is 3. The molecule has 0 amide bonds. The molecule has 5 heteroatoms. The van der Waals surface area contributed by atoms with Crippen molar-refractivity contribution < 1.29 is 9.84 Å². The highest BCUT2D eigenvalue weighted by molar-refractivity contribution is 5.79. The number of phenols is 1. The highest BCUT2D eigenvalue weighted by Crippen LogP contribution is 2.17. The summed E-state index contributed by atoms with van der Waals surface area (Å²) in [4.78, 5) is 4.26. The van der Waals surface area contributed by atoms with E-state index >= 15 is 0 Å². The van der Waals surface area contributed by atoms with Crippen molar-refractivity contribution in [3.05, 3.63) is 72.3 Å². The normalized spacial score (nSPS) is 11.0. The zero-order valence-corrected chi connectivity index (χ0v) is 15.2. The van der Waals surface area contributed by atoms with Crippen LogP contribution in [0.25, 0.3) is 0 Å². The van der Waals surface area contributed by atoms with E-state index < -0.39 is 0 Å². The second-order valence-corrected chi connectivity index (χ2v) is 5.83. The molecule has 0 aromatic heterocycles. The first-order valence-corrected chi connectivity index (χ1v) is 8.77. The van der Waals surface area contributed by atoms with Crippen molar-refractivity contribution in [1.29, 1.82) is 0 Å². The summed E-state index contributed by atoms with van der Waals surface area (Å²) in [6, 6.07) is 15.3. The van der Waals surface area contributed by atoms with Gasteiger partial charge in [-0.15, -0.1) is 0 Å². The Bertz CT molecular complexity index is 711. The first-order valence-electron chi connectivity index (χ1n) is 8.77. The van der Waals surface area contributed by atoms with Gasteiger partial charge in [0.15, 0.2) is 5.96 Å². The molecule has 0 heterocycles.